The summed E-state index contributed by atoms with van der Waals surface area (Å²) in [4.78, 5) is 27.9. The average molecular weight is 353 g/mol. The van der Waals surface area contributed by atoms with Crippen molar-refractivity contribution < 1.29 is 14.7 Å². The van der Waals surface area contributed by atoms with Crippen LogP contribution in [-0.2, 0) is 11.2 Å². The minimum atomic E-state index is -0.487. The maximum atomic E-state index is 12.5. The van der Waals surface area contributed by atoms with E-state index >= 15 is 0 Å². The second kappa shape index (κ2) is 7.58. The Labute approximate surface area is 153 Å². The third-order valence-electron chi connectivity index (χ3n) is 4.35. The lowest BCUT2D eigenvalue weighted by Gasteiger charge is -2.33. The first kappa shape index (κ1) is 17.9. The van der Waals surface area contributed by atoms with Crippen molar-refractivity contribution >= 4 is 23.2 Å². The van der Waals surface area contributed by atoms with Gasteiger partial charge in [0.05, 0.1) is 12.6 Å². The van der Waals surface area contributed by atoms with Crippen molar-refractivity contribution in [2.45, 2.75) is 12.5 Å². The van der Waals surface area contributed by atoms with Gasteiger partial charge in [-0.25, -0.2) is 0 Å². The highest BCUT2D eigenvalue weighted by Gasteiger charge is 2.24. The number of aliphatic hydroxyl groups excluding tert-OH is 1. The van der Waals surface area contributed by atoms with Crippen LogP contribution in [0.15, 0.2) is 48.5 Å². The zero-order valence-electron chi connectivity index (χ0n) is 15.0. The van der Waals surface area contributed by atoms with Gasteiger partial charge in [-0.2, -0.15) is 0 Å². The van der Waals surface area contributed by atoms with Crippen LogP contribution < -0.4 is 10.2 Å². The number of carbonyl (C=O) groups is 2. The fraction of sp³-hybridized carbons (Fsp3) is 0.300. The molecule has 6 heteroatoms. The monoisotopic (exact) mass is 353 g/mol. The lowest BCUT2D eigenvalue weighted by atomic mass is 10.00. The van der Waals surface area contributed by atoms with E-state index in [0.717, 1.165) is 11.3 Å². The Morgan fingerprint density at radius 2 is 1.96 bits per heavy atom. The van der Waals surface area contributed by atoms with Gasteiger partial charge in [-0.15, -0.1) is 0 Å². The predicted molar refractivity (Wildman–Crippen MR) is 101 cm³/mol. The number of rotatable bonds is 4. The minimum Gasteiger partial charge on any atom is -0.391 e. The third kappa shape index (κ3) is 4.03. The molecule has 2 aromatic carbocycles. The zero-order chi connectivity index (χ0) is 18.7. The van der Waals surface area contributed by atoms with Crippen molar-refractivity contribution in [3.8, 4) is 0 Å². The summed E-state index contributed by atoms with van der Waals surface area (Å²) in [5, 5.41) is 12.9. The molecule has 1 aliphatic rings. The van der Waals surface area contributed by atoms with Crippen LogP contribution in [0.1, 0.15) is 15.9 Å². The topological polar surface area (TPSA) is 72.9 Å². The highest BCUT2D eigenvalue weighted by Crippen LogP contribution is 2.26. The molecule has 0 aromatic heterocycles. The van der Waals surface area contributed by atoms with Crippen molar-refractivity contribution in [3.05, 3.63) is 59.7 Å². The number of aliphatic hydroxyl groups is 1. The maximum absolute atomic E-state index is 12.5. The molecule has 1 aliphatic heterocycles. The largest absolute Gasteiger partial charge is 0.391 e. The number of amides is 2. The number of β-amino-alcohol motifs (C(OH)–C–C–N with tert-alkyl or cyclic N) is 1. The van der Waals surface area contributed by atoms with E-state index in [1.165, 1.54) is 4.90 Å². The molecule has 136 valence electrons. The number of hydrogen-bond donors (Lipinski definition) is 2. The lowest BCUT2D eigenvalue weighted by molar-refractivity contribution is -0.115. The van der Waals surface area contributed by atoms with Crippen LogP contribution >= 0.6 is 0 Å². The first-order chi connectivity index (χ1) is 12.4. The molecule has 0 saturated carbocycles. The van der Waals surface area contributed by atoms with Crippen LogP contribution in [-0.4, -0.2) is 55.1 Å². The van der Waals surface area contributed by atoms with E-state index in [1.807, 2.05) is 29.2 Å². The van der Waals surface area contributed by atoms with Gasteiger partial charge in [0.2, 0.25) is 5.91 Å². The SMILES string of the molecule is CN(C)C(=O)c1cccc(NC(=O)CN2CC(O)Cc3ccccc32)c1. The van der Waals surface area contributed by atoms with Gasteiger partial charge in [-0.05, 0) is 29.8 Å². The van der Waals surface area contributed by atoms with Crippen molar-refractivity contribution in [1.82, 2.24) is 4.90 Å². The van der Waals surface area contributed by atoms with E-state index in [1.54, 1.807) is 38.4 Å². The van der Waals surface area contributed by atoms with E-state index in [9.17, 15) is 14.7 Å². The summed E-state index contributed by atoms with van der Waals surface area (Å²) in [5.41, 5.74) is 3.11. The second-order valence-electron chi connectivity index (χ2n) is 6.70. The molecule has 2 aromatic rings. The van der Waals surface area contributed by atoms with Gasteiger partial charge in [0.1, 0.15) is 0 Å². The maximum Gasteiger partial charge on any atom is 0.253 e. The van der Waals surface area contributed by atoms with E-state index in [4.69, 9.17) is 0 Å². The Bertz CT molecular complexity index is 819. The number of carbonyl (C=O) groups excluding carboxylic acids is 2. The van der Waals surface area contributed by atoms with Gasteiger partial charge in [0, 0.05) is 44.0 Å². The Hall–Kier alpha value is -2.86. The molecule has 0 fully saturated rings. The van der Waals surface area contributed by atoms with Gasteiger partial charge in [0.15, 0.2) is 0 Å². The Morgan fingerprint density at radius 3 is 2.73 bits per heavy atom. The standard InChI is InChI=1S/C20H23N3O3/c1-22(2)20(26)15-7-5-8-16(10-15)21-19(25)13-23-12-17(24)11-14-6-3-4-9-18(14)23/h3-10,17,24H,11-13H2,1-2H3,(H,21,25). The summed E-state index contributed by atoms with van der Waals surface area (Å²) in [6.45, 7) is 0.559. The van der Waals surface area contributed by atoms with Crippen molar-refractivity contribution in [2.24, 2.45) is 0 Å². The highest BCUT2D eigenvalue weighted by molar-refractivity contribution is 5.98. The Kier molecular flexibility index (Phi) is 5.23. The van der Waals surface area contributed by atoms with E-state index in [0.29, 0.717) is 24.2 Å². The molecule has 3 rings (SSSR count). The zero-order valence-corrected chi connectivity index (χ0v) is 15.0. The third-order valence-corrected chi connectivity index (χ3v) is 4.35. The summed E-state index contributed by atoms with van der Waals surface area (Å²) in [7, 11) is 3.37. The Balaban J connectivity index is 1.70. The molecule has 6 nitrogen and oxygen atoms in total. The van der Waals surface area contributed by atoms with Gasteiger partial charge < -0.3 is 20.2 Å². The van der Waals surface area contributed by atoms with Crippen LogP contribution in [0.5, 0.6) is 0 Å². The normalized spacial score (nSPS) is 16.0. The summed E-state index contributed by atoms with van der Waals surface area (Å²) in [5.74, 6) is -0.308. The predicted octanol–water partition coefficient (Wildman–Crippen LogP) is 1.75. The Morgan fingerprint density at radius 1 is 1.19 bits per heavy atom. The lowest BCUT2D eigenvalue weighted by Crippen LogP contribution is -2.42. The molecule has 2 N–H and O–H groups in total. The number of nitrogens with one attached hydrogen (secondary N) is 1. The van der Waals surface area contributed by atoms with Crippen LogP contribution in [0, 0.1) is 0 Å². The number of hydrogen-bond acceptors (Lipinski definition) is 4. The summed E-state index contributed by atoms with van der Waals surface area (Å²) in [6, 6.07) is 14.7. The molecular weight excluding hydrogens is 330 g/mol. The summed E-state index contributed by atoms with van der Waals surface area (Å²) in [6.07, 6.45) is 0.113. The van der Waals surface area contributed by atoms with Gasteiger partial charge in [-0.3, -0.25) is 9.59 Å². The molecular formula is C20H23N3O3. The highest BCUT2D eigenvalue weighted by atomic mass is 16.3. The number of benzene rings is 2. The van der Waals surface area contributed by atoms with Gasteiger partial charge in [0.25, 0.3) is 5.91 Å². The first-order valence-electron chi connectivity index (χ1n) is 8.56. The molecule has 26 heavy (non-hydrogen) atoms. The minimum absolute atomic E-state index is 0.117. The molecule has 1 atom stereocenters. The molecule has 0 radical (unpaired) electrons. The molecule has 0 spiro atoms. The van der Waals surface area contributed by atoms with Crippen molar-refractivity contribution in [2.75, 3.05) is 37.4 Å². The van der Waals surface area contributed by atoms with Crippen LogP contribution in [0.25, 0.3) is 0 Å². The smallest absolute Gasteiger partial charge is 0.253 e. The van der Waals surface area contributed by atoms with Crippen molar-refractivity contribution in [1.29, 1.82) is 0 Å². The van der Waals surface area contributed by atoms with Crippen LogP contribution in [0.3, 0.4) is 0 Å². The fourth-order valence-electron chi connectivity index (χ4n) is 3.17. The molecule has 1 heterocycles. The number of nitrogens with zero attached hydrogens (tertiary/aromatic N) is 2. The van der Waals surface area contributed by atoms with E-state index in [-0.39, 0.29) is 18.4 Å². The quantitative estimate of drug-likeness (QED) is 0.878. The fourth-order valence-corrected chi connectivity index (χ4v) is 3.17. The van der Waals surface area contributed by atoms with Gasteiger partial charge in [-0.1, -0.05) is 24.3 Å². The molecule has 0 saturated heterocycles. The van der Waals surface area contributed by atoms with E-state index < -0.39 is 6.10 Å². The van der Waals surface area contributed by atoms with Gasteiger partial charge >= 0.3 is 0 Å². The number of fused-ring (bicyclic) bond motifs is 1. The summed E-state index contributed by atoms with van der Waals surface area (Å²) >= 11 is 0. The van der Waals surface area contributed by atoms with Crippen LogP contribution in [0.4, 0.5) is 11.4 Å². The molecule has 2 amide bonds. The number of para-hydroxylation sites is 1. The molecule has 1 unspecified atom stereocenters. The van der Waals surface area contributed by atoms with Crippen molar-refractivity contribution in [3.63, 3.8) is 0 Å². The summed E-state index contributed by atoms with van der Waals surface area (Å²) < 4.78 is 0. The van der Waals surface area contributed by atoms with Crippen LogP contribution in [0.2, 0.25) is 0 Å². The van der Waals surface area contributed by atoms with E-state index in [2.05, 4.69) is 5.32 Å². The second-order valence-corrected chi connectivity index (χ2v) is 6.70. The molecule has 0 aliphatic carbocycles. The average Bonchev–Trinajstić information content (AvgIpc) is 2.61. The molecule has 0 bridgehead atoms. The first-order valence-corrected chi connectivity index (χ1v) is 8.56. The number of anilines is 2.